The van der Waals surface area contributed by atoms with Crippen LogP contribution in [0.3, 0.4) is 0 Å². The lowest BCUT2D eigenvalue weighted by Gasteiger charge is -2.35. The second-order valence-corrected chi connectivity index (χ2v) is 20.9. The predicted molar refractivity (Wildman–Crippen MR) is 260 cm³/mol. The van der Waals surface area contributed by atoms with Gasteiger partial charge in [0.25, 0.3) is 5.91 Å². The Balaban J connectivity index is 0.956. The molecule has 8 aromatic rings. The van der Waals surface area contributed by atoms with Crippen molar-refractivity contribution in [1.82, 2.24) is 48.3 Å². The number of fused-ring (bicyclic) bond motifs is 3. The number of hydrogen-bond acceptors (Lipinski definition) is 9. The zero-order valence-electron chi connectivity index (χ0n) is 40.7. The van der Waals surface area contributed by atoms with Gasteiger partial charge in [-0.25, -0.2) is 23.1 Å². The smallest absolute Gasteiger partial charge is 0.379 e. The molecule has 0 spiro atoms. The van der Waals surface area contributed by atoms with Crippen LogP contribution in [0.1, 0.15) is 116 Å². The zero-order valence-corrected chi connectivity index (χ0v) is 40.7. The van der Waals surface area contributed by atoms with E-state index < -0.39 is 28.8 Å². The number of aromatic amines is 1. The van der Waals surface area contributed by atoms with Crippen LogP contribution >= 0.6 is 0 Å². The molecule has 2 aliphatic heterocycles. The monoisotopic (exact) mass is 966 g/mol. The minimum Gasteiger partial charge on any atom is -0.379 e. The summed E-state index contributed by atoms with van der Waals surface area (Å²) < 4.78 is 56.8. The van der Waals surface area contributed by atoms with Crippen molar-refractivity contribution in [2.45, 2.75) is 110 Å². The van der Waals surface area contributed by atoms with E-state index in [0.29, 0.717) is 103 Å². The molecule has 3 fully saturated rings. The summed E-state index contributed by atoms with van der Waals surface area (Å²) in [5.41, 5.74) is 3.90. The van der Waals surface area contributed by atoms with Crippen LogP contribution in [0.15, 0.2) is 81.2 Å². The Kier molecular flexibility index (Phi) is 10.6. The Morgan fingerprint density at radius 2 is 1.70 bits per heavy atom. The van der Waals surface area contributed by atoms with Crippen molar-refractivity contribution >= 4 is 27.7 Å². The van der Waals surface area contributed by atoms with Crippen molar-refractivity contribution in [3.63, 3.8) is 0 Å². The van der Waals surface area contributed by atoms with Gasteiger partial charge in [-0.1, -0.05) is 18.1 Å². The van der Waals surface area contributed by atoms with Crippen molar-refractivity contribution in [3.8, 4) is 17.2 Å². The van der Waals surface area contributed by atoms with E-state index >= 15 is 13.6 Å². The average molecular weight is 967 g/mol. The van der Waals surface area contributed by atoms with Crippen LogP contribution in [-0.2, 0) is 28.0 Å². The van der Waals surface area contributed by atoms with Gasteiger partial charge in [-0.3, -0.25) is 28.1 Å². The molecule has 71 heavy (non-hydrogen) atoms. The third kappa shape index (κ3) is 7.42. The van der Waals surface area contributed by atoms with E-state index in [0.717, 1.165) is 29.3 Å². The van der Waals surface area contributed by atoms with E-state index in [2.05, 4.69) is 54.2 Å². The van der Waals surface area contributed by atoms with Crippen LogP contribution in [0.25, 0.3) is 39.0 Å². The number of rotatable bonds is 12. The minimum atomic E-state index is -0.864. The molecule has 0 unspecified atom stereocenters. The Morgan fingerprint density at radius 3 is 2.42 bits per heavy atom. The average Bonchev–Trinajstić information content (AvgIpc) is 3.84. The number of nitrogens with one attached hydrogen (secondary N) is 1. The normalized spacial score (nSPS) is 21.9. The van der Waals surface area contributed by atoms with Crippen LogP contribution in [0.2, 0.25) is 0 Å². The molecule has 2 saturated carbocycles. The van der Waals surface area contributed by atoms with Crippen molar-refractivity contribution in [2.24, 2.45) is 11.8 Å². The third-order valence-corrected chi connectivity index (χ3v) is 15.6. The van der Waals surface area contributed by atoms with Crippen molar-refractivity contribution in [3.05, 3.63) is 139 Å². The maximum absolute atomic E-state index is 16.6. The van der Waals surface area contributed by atoms with E-state index in [-0.39, 0.29) is 40.2 Å². The van der Waals surface area contributed by atoms with Gasteiger partial charge in [0, 0.05) is 55.0 Å². The van der Waals surface area contributed by atoms with Gasteiger partial charge in [0.2, 0.25) is 0 Å². The molecule has 16 nitrogen and oxygen atoms in total. The van der Waals surface area contributed by atoms with E-state index in [4.69, 9.17) is 19.1 Å². The number of imidazole rings is 1. The van der Waals surface area contributed by atoms with E-state index in [1.165, 1.54) is 34.4 Å². The molecule has 1 amide bonds. The second kappa shape index (κ2) is 16.6. The second-order valence-electron chi connectivity index (χ2n) is 20.9. The molecule has 4 aliphatic rings. The fourth-order valence-corrected chi connectivity index (χ4v) is 11.6. The molecule has 2 aliphatic carbocycles. The van der Waals surface area contributed by atoms with Gasteiger partial charge in [-0.05, 0) is 144 Å². The van der Waals surface area contributed by atoms with E-state index in [9.17, 15) is 9.59 Å². The molecule has 18 heteroatoms. The quantitative estimate of drug-likeness (QED) is 0.119. The Labute approximate surface area is 406 Å². The van der Waals surface area contributed by atoms with Gasteiger partial charge in [0.05, 0.1) is 59.0 Å². The molecule has 12 rings (SSSR count). The molecule has 368 valence electrons. The predicted octanol–water partition coefficient (Wildman–Crippen LogP) is 8.33. The number of hydrogen-bond donors (Lipinski definition) is 1. The maximum atomic E-state index is 16.6. The van der Waals surface area contributed by atoms with Gasteiger partial charge >= 0.3 is 11.4 Å². The van der Waals surface area contributed by atoms with E-state index in [1.54, 1.807) is 58.6 Å². The fourth-order valence-electron chi connectivity index (χ4n) is 11.6. The number of benzene rings is 3. The highest BCUT2D eigenvalue weighted by atomic mass is 19.1. The molecule has 5 aromatic heterocycles. The lowest BCUT2D eigenvalue weighted by molar-refractivity contribution is -0.0592. The van der Waals surface area contributed by atoms with Crippen LogP contribution < -0.4 is 11.4 Å². The van der Waals surface area contributed by atoms with Crippen LogP contribution in [0.4, 0.5) is 8.78 Å². The first-order valence-corrected chi connectivity index (χ1v) is 24.7. The fraction of sp³-hybridized carbons (Fsp3) is 0.434. The number of nitrogens with zero attached hydrogens (tertiary/aromatic N) is 9. The lowest BCUT2D eigenvalue weighted by Crippen LogP contribution is -2.41. The van der Waals surface area contributed by atoms with Crippen molar-refractivity contribution < 1.29 is 27.6 Å². The highest BCUT2D eigenvalue weighted by Gasteiger charge is 2.59. The summed E-state index contributed by atoms with van der Waals surface area (Å²) in [6.45, 7) is 14.1. The Morgan fingerprint density at radius 1 is 0.944 bits per heavy atom. The molecular formula is C53H56F2N10O6. The van der Waals surface area contributed by atoms with Crippen LogP contribution in [0, 0.1) is 37.3 Å². The van der Waals surface area contributed by atoms with Crippen LogP contribution in [0.5, 0.6) is 0 Å². The molecule has 7 heterocycles. The third-order valence-electron chi connectivity index (χ3n) is 15.6. The molecule has 1 N–H and O–H groups in total. The number of ether oxygens (including phenoxy) is 2. The van der Waals surface area contributed by atoms with Gasteiger partial charge in [0.1, 0.15) is 22.9 Å². The first-order valence-electron chi connectivity index (χ1n) is 24.7. The Hall–Kier alpha value is -6.92. The number of aromatic nitrogens is 9. The number of aryl methyl sites for hydroxylation is 2. The molecule has 4 atom stereocenters. The number of H-pyrrole nitrogens is 1. The minimum absolute atomic E-state index is 0.00643. The number of halogens is 2. The number of carbonyl (C=O) groups is 1. The first-order chi connectivity index (χ1) is 34.1. The topological polar surface area (TPSA) is 165 Å². The van der Waals surface area contributed by atoms with Gasteiger partial charge < -0.3 is 18.9 Å². The standard InChI is InChI=1S/C53H56F2N10O6/c1-29-21-37(22-30(2)45(29)54)65-47(62-17-16-61(51(62)68)42-12-11-41-38(46(42)55)27-56-63(41)18-20-69-28-33-7-8-33)44-32(4)60(15-13-39(44)58-65)48(66)43-24-36-23-34(35-14-19-70-52(5,6)26-35)9-10-40(36)64(43)53(25-31(53)3)49-57-50(67)71-59-49/h9-12,16-17,21-24,27,31-33,35H,7-8,13-15,18-20,25-26,28H2,1-6H3,(H,57,59,67)/t31-,32+,35+,53+/m1/s1. The summed E-state index contributed by atoms with van der Waals surface area (Å²) in [6, 6.07) is 14.4. The molecule has 0 bridgehead atoms. The lowest BCUT2D eigenvalue weighted by atomic mass is 9.83. The summed E-state index contributed by atoms with van der Waals surface area (Å²) in [4.78, 5) is 47.6. The van der Waals surface area contributed by atoms with Gasteiger partial charge in [0.15, 0.2) is 11.6 Å². The zero-order chi connectivity index (χ0) is 49.2. The molecular weight excluding hydrogens is 911 g/mol. The molecule has 1 saturated heterocycles. The molecule has 0 radical (unpaired) electrons. The SMILES string of the molecule is Cc1cc(-n2nc3c(c2-n2ccn(-c4ccc5c(cnn5CCOCC5CC5)c4F)c2=O)[C@H](C)N(C(=O)c2cc4cc([C@H]5CCOC(C)(C)C5)ccc4n2[C@@]2(c4noc(=O)[nH]4)C[C@H]2C)CC3)cc(C)c1F. The summed E-state index contributed by atoms with van der Waals surface area (Å²) in [5, 5.41) is 14.9. The van der Waals surface area contributed by atoms with Crippen LogP contribution in [-0.4, -0.2) is 86.2 Å². The summed E-state index contributed by atoms with van der Waals surface area (Å²) in [6.07, 6.45) is 9.61. The van der Waals surface area contributed by atoms with E-state index in [1.807, 2.05) is 17.6 Å². The van der Waals surface area contributed by atoms with Crippen molar-refractivity contribution in [2.75, 3.05) is 26.4 Å². The summed E-state index contributed by atoms with van der Waals surface area (Å²) in [7, 11) is 0. The van der Waals surface area contributed by atoms with Gasteiger partial charge in [-0.2, -0.15) is 10.2 Å². The number of amides is 1. The van der Waals surface area contributed by atoms with Crippen molar-refractivity contribution in [1.29, 1.82) is 0 Å². The van der Waals surface area contributed by atoms with Gasteiger partial charge in [-0.15, -0.1) is 0 Å². The maximum Gasteiger partial charge on any atom is 0.438 e. The highest BCUT2D eigenvalue weighted by Crippen LogP contribution is 2.56. The first kappa shape index (κ1) is 45.2. The highest BCUT2D eigenvalue weighted by molar-refractivity contribution is 6.00. The largest absolute Gasteiger partial charge is 0.438 e. The number of carbonyl (C=O) groups excluding carboxylic acids is 1. The molecule has 3 aromatic carbocycles. The Bertz CT molecular complexity index is 3540. The summed E-state index contributed by atoms with van der Waals surface area (Å²) >= 11 is 0. The summed E-state index contributed by atoms with van der Waals surface area (Å²) in [5.74, 6) is -0.317.